The Balaban J connectivity index is 1.51. The molecule has 12 nitrogen and oxygen atoms in total. The third kappa shape index (κ3) is 6.84. The van der Waals surface area contributed by atoms with E-state index in [-0.39, 0.29) is 26.2 Å². The number of aryl methyl sites for hydroxylation is 2. The lowest BCUT2D eigenvalue weighted by atomic mass is 10.0. The van der Waals surface area contributed by atoms with Crippen LogP contribution in [0, 0.1) is 12.7 Å². The maximum atomic E-state index is 14.8. The van der Waals surface area contributed by atoms with Crippen LogP contribution in [0.4, 0.5) is 18.1 Å². The fraction of sp³-hybridized carbons (Fsp3) is 0.400. The molecule has 226 valence electrons. The second kappa shape index (κ2) is 11.5. The fourth-order valence-corrected chi connectivity index (χ4v) is 5.88. The molecule has 17 heteroatoms. The average molecular weight is 628 g/mol. The molecule has 3 aromatic heterocycles. The van der Waals surface area contributed by atoms with Gasteiger partial charge in [0, 0.05) is 63.2 Å². The summed E-state index contributed by atoms with van der Waals surface area (Å²) in [5, 5.41) is 7.53. The topological polar surface area (TPSA) is 141 Å². The molecule has 1 N–H and O–H groups in total. The molecule has 4 aromatic rings. The van der Waals surface area contributed by atoms with Gasteiger partial charge in [0.05, 0.1) is 40.8 Å². The van der Waals surface area contributed by atoms with Crippen molar-refractivity contribution in [2.24, 2.45) is 7.05 Å². The van der Waals surface area contributed by atoms with E-state index in [1.165, 1.54) is 11.0 Å². The summed E-state index contributed by atoms with van der Waals surface area (Å²) in [5.41, 5.74) is 4.02. The van der Waals surface area contributed by atoms with Gasteiger partial charge in [0.2, 0.25) is 5.95 Å². The van der Waals surface area contributed by atoms with Gasteiger partial charge in [-0.3, -0.25) is 14.0 Å². The molecule has 0 radical (unpaired) electrons. The molecule has 0 aliphatic carbocycles. The average Bonchev–Trinajstić information content (AvgIpc) is 3.62. The molecule has 4 heterocycles. The summed E-state index contributed by atoms with van der Waals surface area (Å²) in [6.45, 7) is 1.48. The normalized spacial score (nSPS) is 13.6. The molecule has 0 spiro atoms. The van der Waals surface area contributed by atoms with Crippen molar-refractivity contribution in [3.05, 3.63) is 58.9 Å². The lowest BCUT2D eigenvalue weighted by molar-refractivity contribution is 0.292. The highest BCUT2D eigenvalue weighted by Gasteiger charge is 2.22. The molecule has 0 unspecified atom stereocenters. The van der Waals surface area contributed by atoms with Crippen LogP contribution >= 0.6 is 0 Å². The van der Waals surface area contributed by atoms with E-state index in [2.05, 4.69) is 20.4 Å². The number of ether oxygens (including phenoxy) is 1. The van der Waals surface area contributed by atoms with E-state index in [9.17, 15) is 29.0 Å². The lowest BCUT2D eigenvalue weighted by Gasteiger charge is -2.19. The van der Waals surface area contributed by atoms with Crippen LogP contribution in [0.1, 0.15) is 22.5 Å². The number of anilines is 1. The van der Waals surface area contributed by atoms with Crippen molar-refractivity contribution in [1.82, 2.24) is 29.0 Å². The largest absolute Gasteiger partial charge is 0.493 e. The Labute approximate surface area is 240 Å². The van der Waals surface area contributed by atoms with Crippen molar-refractivity contribution in [2.75, 3.05) is 36.5 Å². The number of aromatic nitrogens is 5. The van der Waals surface area contributed by atoms with Crippen LogP contribution in [0.2, 0.25) is 0 Å². The summed E-state index contributed by atoms with van der Waals surface area (Å²) in [6, 6.07) is 4.78. The van der Waals surface area contributed by atoms with Gasteiger partial charge in [-0.25, -0.2) is 14.4 Å². The zero-order chi connectivity index (χ0) is 30.2. The zero-order valence-electron chi connectivity index (χ0n) is 22.7. The Kier molecular flexibility index (Phi) is 8.17. The Morgan fingerprint density at radius 3 is 2.48 bits per heavy atom. The minimum atomic E-state index is -4.86. The van der Waals surface area contributed by atoms with Crippen LogP contribution in [0.3, 0.4) is 0 Å². The predicted octanol–water partition coefficient (Wildman–Crippen LogP) is 2.52. The molecule has 0 bridgehead atoms. The molecule has 0 atom stereocenters. The van der Waals surface area contributed by atoms with Crippen LogP contribution in [0.25, 0.3) is 16.9 Å². The molecule has 0 amide bonds. The van der Waals surface area contributed by atoms with Gasteiger partial charge in [0.15, 0.2) is 5.65 Å². The van der Waals surface area contributed by atoms with Crippen LogP contribution in [0.5, 0.6) is 5.75 Å². The SMILES string of the molecule is Cc1cc(-c2cnc(NCc3c(F)ccc4c3CCO4)n3cc(CN(CCS(=O)(=O)F)CCS(=O)(=O)F)nc23)n(C)n1. The standard InChI is InChI=1S/C25H28F3N7O5S2/c1-16-11-22(33(2)32-16)20-13-30-25(29-12-19-18-5-8-40-23(18)4-3-21(19)26)35-15-17(31-24(20)35)14-34(6-9-41(27,36)37)7-10-42(28,38)39/h3-4,11,13,15H,5-10,12,14H2,1-2H3,(H,29,30). The Bertz CT molecular complexity index is 1820. The van der Waals surface area contributed by atoms with Gasteiger partial charge >= 0.3 is 20.4 Å². The van der Waals surface area contributed by atoms with E-state index in [0.29, 0.717) is 52.9 Å². The molecule has 1 aliphatic rings. The Hall–Kier alpha value is -3.70. The summed E-state index contributed by atoms with van der Waals surface area (Å²) in [5.74, 6) is -1.26. The summed E-state index contributed by atoms with van der Waals surface area (Å²) >= 11 is 0. The second-order valence-corrected chi connectivity index (χ2v) is 12.9. The highest BCUT2D eigenvalue weighted by Crippen LogP contribution is 2.31. The van der Waals surface area contributed by atoms with Crippen molar-refractivity contribution >= 4 is 32.0 Å². The second-order valence-electron chi connectivity index (χ2n) is 9.93. The van der Waals surface area contributed by atoms with Crippen molar-refractivity contribution in [1.29, 1.82) is 0 Å². The summed E-state index contributed by atoms with van der Waals surface area (Å²) in [6.07, 6.45) is 3.75. The van der Waals surface area contributed by atoms with Crippen molar-refractivity contribution in [2.45, 2.75) is 26.4 Å². The van der Waals surface area contributed by atoms with Gasteiger partial charge in [-0.2, -0.15) is 21.9 Å². The number of nitrogens with zero attached hydrogens (tertiary/aromatic N) is 6. The number of hydrogen-bond donors (Lipinski definition) is 1. The highest BCUT2D eigenvalue weighted by atomic mass is 32.3. The molecule has 0 fully saturated rings. The van der Waals surface area contributed by atoms with E-state index in [1.807, 2.05) is 13.0 Å². The van der Waals surface area contributed by atoms with Crippen molar-refractivity contribution in [3.8, 4) is 17.0 Å². The van der Waals surface area contributed by atoms with Gasteiger partial charge in [-0.05, 0) is 25.1 Å². The number of benzene rings is 1. The number of halogens is 3. The number of rotatable bonds is 12. The van der Waals surface area contributed by atoms with Crippen LogP contribution in [-0.4, -0.2) is 77.1 Å². The minimum absolute atomic E-state index is 0.0903. The van der Waals surface area contributed by atoms with E-state index < -0.39 is 37.8 Å². The Morgan fingerprint density at radius 2 is 1.83 bits per heavy atom. The molecular formula is C25H28F3N7O5S2. The quantitative estimate of drug-likeness (QED) is 0.233. The summed E-state index contributed by atoms with van der Waals surface area (Å²) < 4.78 is 94.7. The molecule has 0 saturated heterocycles. The zero-order valence-corrected chi connectivity index (χ0v) is 24.4. The molecule has 5 rings (SSSR count). The van der Waals surface area contributed by atoms with Crippen LogP contribution in [0.15, 0.2) is 30.6 Å². The van der Waals surface area contributed by atoms with E-state index >= 15 is 0 Å². The van der Waals surface area contributed by atoms with Crippen molar-refractivity contribution < 1.29 is 33.7 Å². The van der Waals surface area contributed by atoms with Crippen LogP contribution in [-0.2, 0) is 47.0 Å². The number of imidazole rings is 1. The van der Waals surface area contributed by atoms with E-state index in [4.69, 9.17) is 4.74 Å². The first kappa shape index (κ1) is 29.8. The lowest BCUT2D eigenvalue weighted by Crippen LogP contribution is -2.32. The summed E-state index contributed by atoms with van der Waals surface area (Å²) in [4.78, 5) is 10.5. The third-order valence-electron chi connectivity index (χ3n) is 6.87. The van der Waals surface area contributed by atoms with Gasteiger partial charge in [0.25, 0.3) is 0 Å². The van der Waals surface area contributed by atoms with Gasteiger partial charge in [0.1, 0.15) is 11.6 Å². The first-order valence-electron chi connectivity index (χ1n) is 12.9. The number of fused-ring (bicyclic) bond motifs is 2. The monoisotopic (exact) mass is 627 g/mol. The van der Waals surface area contributed by atoms with Gasteiger partial charge < -0.3 is 10.1 Å². The number of nitrogens with one attached hydrogen (secondary N) is 1. The van der Waals surface area contributed by atoms with E-state index in [1.54, 1.807) is 34.6 Å². The predicted molar refractivity (Wildman–Crippen MR) is 148 cm³/mol. The molecule has 1 aromatic carbocycles. The summed E-state index contributed by atoms with van der Waals surface area (Å²) in [7, 11) is -7.97. The molecule has 1 aliphatic heterocycles. The molecular weight excluding hydrogens is 599 g/mol. The minimum Gasteiger partial charge on any atom is -0.493 e. The molecule has 42 heavy (non-hydrogen) atoms. The third-order valence-corrected chi connectivity index (χ3v) is 8.21. The number of hydrogen-bond acceptors (Lipinski definition) is 10. The van der Waals surface area contributed by atoms with Crippen molar-refractivity contribution in [3.63, 3.8) is 0 Å². The first-order chi connectivity index (χ1) is 19.8. The first-order valence-corrected chi connectivity index (χ1v) is 16.0. The van der Waals surface area contributed by atoms with E-state index in [0.717, 1.165) is 11.3 Å². The van der Waals surface area contributed by atoms with Gasteiger partial charge in [-0.15, -0.1) is 7.77 Å². The van der Waals surface area contributed by atoms with Crippen LogP contribution < -0.4 is 10.1 Å². The smallest absolute Gasteiger partial charge is 0.303 e. The highest BCUT2D eigenvalue weighted by molar-refractivity contribution is 7.86. The maximum Gasteiger partial charge on any atom is 0.303 e. The maximum absolute atomic E-state index is 14.8. The van der Waals surface area contributed by atoms with Gasteiger partial charge in [-0.1, -0.05) is 0 Å². The fourth-order valence-electron chi connectivity index (χ4n) is 4.93. The molecule has 0 saturated carbocycles. The Morgan fingerprint density at radius 1 is 1.12 bits per heavy atom.